The predicted octanol–water partition coefficient (Wildman–Crippen LogP) is 1.84. The zero-order valence-corrected chi connectivity index (χ0v) is 10.2. The molecule has 1 heterocycles. The summed E-state index contributed by atoms with van der Waals surface area (Å²) < 4.78 is 1.82. The molecule has 0 saturated heterocycles. The Hall–Kier alpha value is -0.970. The number of carbonyl (C=O) groups excluding carboxylic acids is 1. The summed E-state index contributed by atoms with van der Waals surface area (Å²) in [5.74, 6) is 1.80. The van der Waals surface area contributed by atoms with Gasteiger partial charge >= 0.3 is 0 Å². The third kappa shape index (κ3) is 3.95. The molecule has 0 aliphatic heterocycles. The lowest BCUT2D eigenvalue weighted by molar-refractivity contribution is -0.113. The van der Waals surface area contributed by atoms with E-state index in [1.165, 1.54) is 11.8 Å². The minimum Gasteiger partial charge on any atom is -0.310 e. The molecule has 0 spiro atoms. The molecule has 0 unspecified atom stereocenters. The number of carbonyl (C=O) groups is 1. The lowest BCUT2D eigenvalue weighted by Gasteiger charge is -2.10. The van der Waals surface area contributed by atoms with Crippen molar-refractivity contribution in [1.82, 2.24) is 9.78 Å². The van der Waals surface area contributed by atoms with Crippen LogP contribution in [-0.2, 0) is 11.3 Å². The van der Waals surface area contributed by atoms with Crippen molar-refractivity contribution in [1.29, 1.82) is 0 Å². The Labute approximate surface area is 94.4 Å². The highest BCUT2D eigenvalue weighted by Crippen LogP contribution is 2.09. The van der Waals surface area contributed by atoms with Gasteiger partial charge in [-0.25, -0.2) is 4.68 Å². The molecule has 1 rings (SSSR count). The monoisotopic (exact) mass is 227 g/mol. The van der Waals surface area contributed by atoms with E-state index in [2.05, 4.69) is 24.3 Å². The highest BCUT2D eigenvalue weighted by atomic mass is 32.2. The van der Waals surface area contributed by atoms with Crippen molar-refractivity contribution in [3.8, 4) is 0 Å². The van der Waals surface area contributed by atoms with Crippen LogP contribution < -0.4 is 5.32 Å². The van der Waals surface area contributed by atoms with Gasteiger partial charge in [-0.3, -0.25) is 4.79 Å². The summed E-state index contributed by atoms with van der Waals surface area (Å²) >= 11 is 1.51. The molecular formula is C10H17N3OS. The predicted molar refractivity (Wildman–Crippen MR) is 64.1 cm³/mol. The van der Waals surface area contributed by atoms with Crippen molar-refractivity contribution < 1.29 is 4.79 Å². The maximum Gasteiger partial charge on any atom is 0.235 e. The van der Waals surface area contributed by atoms with Crippen molar-refractivity contribution in [2.45, 2.75) is 20.4 Å². The van der Waals surface area contributed by atoms with Crippen LogP contribution in [0.15, 0.2) is 12.3 Å². The van der Waals surface area contributed by atoms with Gasteiger partial charge in [0.2, 0.25) is 5.91 Å². The molecule has 0 atom stereocenters. The van der Waals surface area contributed by atoms with Crippen LogP contribution in [0.3, 0.4) is 0 Å². The van der Waals surface area contributed by atoms with E-state index in [1.807, 2.05) is 17.0 Å². The molecule has 0 aromatic carbocycles. The zero-order valence-electron chi connectivity index (χ0n) is 9.36. The fraction of sp³-hybridized carbons (Fsp3) is 0.600. The van der Waals surface area contributed by atoms with Gasteiger partial charge in [0.05, 0.1) is 11.9 Å². The molecule has 84 valence electrons. The van der Waals surface area contributed by atoms with Gasteiger partial charge in [-0.15, -0.1) is 0 Å². The highest BCUT2D eigenvalue weighted by Gasteiger charge is 2.07. The topological polar surface area (TPSA) is 46.9 Å². The van der Waals surface area contributed by atoms with Gasteiger partial charge in [0.15, 0.2) is 0 Å². The summed E-state index contributed by atoms with van der Waals surface area (Å²) in [6.45, 7) is 5.06. The van der Waals surface area contributed by atoms with Gasteiger partial charge in [-0.1, -0.05) is 13.8 Å². The third-order valence-corrected chi connectivity index (χ3v) is 2.35. The molecule has 0 bridgehead atoms. The molecule has 15 heavy (non-hydrogen) atoms. The molecule has 4 nitrogen and oxygen atoms in total. The van der Waals surface area contributed by atoms with Crippen LogP contribution in [-0.4, -0.2) is 27.7 Å². The lowest BCUT2D eigenvalue weighted by Crippen LogP contribution is -2.18. The Morgan fingerprint density at radius 1 is 1.67 bits per heavy atom. The Morgan fingerprint density at radius 2 is 2.40 bits per heavy atom. The van der Waals surface area contributed by atoms with Crippen LogP contribution in [0.4, 0.5) is 5.82 Å². The van der Waals surface area contributed by atoms with Crippen LogP contribution in [0, 0.1) is 5.92 Å². The largest absolute Gasteiger partial charge is 0.310 e. The number of nitrogens with zero attached hydrogens (tertiary/aromatic N) is 2. The zero-order chi connectivity index (χ0) is 11.3. The molecule has 0 aliphatic rings. The lowest BCUT2D eigenvalue weighted by atomic mass is 10.2. The minimum atomic E-state index is 0.0213. The second-order valence-electron chi connectivity index (χ2n) is 3.77. The first kappa shape index (κ1) is 12.1. The van der Waals surface area contributed by atoms with Gasteiger partial charge in [0, 0.05) is 12.6 Å². The third-order valence-electron chi connectivity index (χ3n) is 1.80. The van der Waals surface area contributed by atoms with Crippen LogP contribution >= 0.6 is 11.8 Å². The smallest absolute Gasteiger partial charge is 0.235 e. The van der Waals surface area contributed by atoms with Crippen LogP contribution in [0.2, 0.25) is 0 Å². The minimum absolute atomic E-state index is 0.0213. The second-order valence-corrected chi connectivity index (χ2v) is 4.64. The van der Waals surface area contributed by atoms with E-state index >= 15 is 0 Å². The van der Waals surface area contributed by atoms with Crippen LogP contribution in [0.5, 0.6) is 0 Å². The number of rotatable bonds is 5. The Balaban J connectivity index is 2.60. The van der Waals surface area contributed by atoms with E-state index in [0.717, 1.165) is 12.4 Å². The number of hydrogen-bond acceptors (Lipinski definition) is 3. The first-order valence-electron chi connectivity index (χ1n) is 4.94. The maximum absolute atomic E-state index is 11.4. The van der Waals surface area contributed by atoms with Gasteiger partial charge < -0.3 is 5.32 Å². The van der Waals surface area contributed by atoms with Gasteiger partial charge in [-0.05, 0) is 12.2 Å². The van der Waals surface area contributed by atoms with Crippen molar-refractivity contribution in [2.75, 3.05) is 17.3 Å². The van der Waals surface area contributed by atoms with Gasteiger partial charge in [-0.2, -0.15) is 16.9 Å². The number of amides is 1. The van der Waals surface area contributed by atoms with Gasteiger partial charge in [0.1, 0.15) is 5.82 Å². The molecule has 0 fully saturated rings. The fourth-order valence-electron chi connectivity index (χ4n) is 1.24. The summed E-state index contributed by atoms with van der Waals surface area (Å²) in [7, 11) is 0. The van der Waals surface area contributed by atoms with E-state index in [0.29, 0.717) is 11.7 Å². The Bertz CT molecular complexity index is 322. The van der Waals surface area contributed by atoms with E-state index in [1.54, 1.807) is 6.20 Å². The summed E-state index contributed by atoms with van der Waals surface area (Å²) in [5, 5.41) is 7.00. The number of aromatic nitrogens is 2. The average molecular weight is 227 g/mol. The van der Waals surface area contributed by atoms with Crippen molar-refractivity contribution in [3.05, 3.63) is 12.3 Å². The summed E-state index contributed by atoms with van der Waals surface area (Å²) in [6, 6.07) is 1.82. The molecule has 5 heteroatoms. The molecular weight excluding hydrogens is 210 g/mol. The highest BCUT2D eigenvalue weighted by molar-refractivity contribution is 7.99. The molecule has 1 aromatic rings. The van der Waals surface area contributed by atoms with E-state index in [9.17, 15) is 4.79 Å². The summed E-state index contributed by atoms with van der Waals surface area (Å²) in [5.41, 5.74) is 0. The molecule has 1 amide bonds. The van der Waals surface area contributed by atoms with E-state index in [4.69, 9.17) is 0 Å². The SMILES string of the molecule is CSCC(=O)Nc1ccnn1CC(C)C. The number of thioether (sulfide) groups is 1. The molecule has 0 aliphatic carbocycles. The quantitative estimate of drug-likeness (QED) is 0.835. The number of nitrogens with one attached hydrogen (secondary N) is 1. The van der Waals surface area contributed by atoms with Gasteiger partial charge in [0.25, 0.3) is 0 Å². The first-order valence-corrected chi connectivity index (χ1v) is 6.33. The van der Waals surface area contributed by atoms with Crippen molar-refractivity contribution >= 4 is 23.5 Å². The van der Waals surface area contributed by atoms with Crippen molar-refractivity contribution in [3.63, 3.8) is 0 Å². The van der Waals surface area contributed by atoms with Crippen LogP contribution in [0.1, 0.15) is 13.8 Å². The molecule has 0 radical (unpaired) electrons. The fourth-order valence-corrected chi connectivity index (χ4v) is 1.57. The molecule has 1 aromatic heterocycles. The van der Waals surface area contributed by atoms with E-state index < -0.39 is 0 Å². The summed E-state index contributed by atoms with van der Waals surface area (Å²) in [6.07, 6.45) is 3.61. The molecule has 0 saturated carbocycles. The number of hydrogen-bond donors (Lipinski definition) is 1. The second kappa shape index (κ2) is 5.80. The standard InChI is InChI=1S/C10H17N3OS/c1-8(2)6-13-9(4-5-11-13)12-10(14)7-15-3/h4-5,8H,6-7H2,1-3H3,(H,12,14). The first-order chi connectivity index (χ1) is 7.13. The van der Waals surface area contributed by atoms with Crippen molar-refractivity contribution in [2.24, 2.45) is 5.92 Å². The average Bonchev–Trinajstić information content (AvgIpc) is 2.52. The Kier molecular flexibility index (Phi) is 4.68. The maximum atomic E-state index is 11.4. The number of anilines is 1. The Morgan fingerprint density at radius 3 is 3.00 bits per heavy atom. The van der Waals surface area contributed by atoms with Crippen LogP contribution in [0.25, 0.3) is 0 Å². The molecule has 1 N–H and O–H groups in total. The normalized spacial score (nSPS) is 10.7. The summed E-state index contributed by atoms with van der Waals surface area (Å²) in [4.78, 5) is 11.4. The van der Waals surface area contributed by atoms with E-state index in [-0.39, 0.29) is 5.91 Å².